The van der Waals surface area contributed by atoms with Gasteiger partial charge in [0.1, 0.15) is 0 Å². The first-order valence-electron chi connectivity index (χ1n) is 6.47. The molecule has 22 heavy (non-hydrogen) atoms. The molecule has 0 atom stereocenters. The number of nitro groups is 1. The van der Waals surface area contributed by atoms with Gasteiger partial charge in [0.15, 0.2) is 4.90 Å². The summed E-state index contributed by atoms with van der Waals surface area (Å²) in [5, 5.41) is 14.3. The molecule has 0 radical (unpaired) electrons. The second-order valence-corrected chi connectivity index (χ2v) is 7.18. The lowest BCUT2D eigenvalue weighted by atomic mass is 10.1. The molecular weight excluding hydrogens is 353 g/mol. The molecule has 0 aliphatic carbocycles. The van der Waals surface area contributed by atoms with Gasteiger partial charge >= 0.3 is 0 Å². The van der Waals surface area contributed by atoms with Crippen molar-refractivity contribution >= 4 is 39.7 Å². The van der Waals surface area contributed by atoms with Gasteiger partial charge in [0.2, 0.25) is 10.0 Å². The van der Waals surface area contributed by atoms with E-state index in [2.05, 4.69) is 5.32 Å². The first-order valence-corrected chi connectivity index (χ1v) is 8.29. The summed E-state index contributed by atoms with van der Waals surface area (Å²) in [4.78, 5) is 9.98. The number of hydrogen-bond donors (Lipinski definition) is 1. The zero-order valence-corrected chi connectivity index (χ0v) is 14.2. The smallest absolute Gasteiger partial charge is 0.289 e. The van der Waals surface area contributed by atoms with Crippen LogP contribution in [0.15, 0.2) is 23.1 Å². The molecule has 1 aliphatic rings. The van der Waals surface area contributed by atoms with E-state index in [9.17, 15) is 18.5 Å². The van der Waals surface area contributed by atoms with Gasteiger partial charge in [-0.25, -0.2) is 8.42 Å². The molecule has 124 valence electrons. The van der Waals surface area contributed by atoms with Crippen molar-refractivity contribution in [1.29, 1.82) is 0 Å². The molecule has 0 spiro atoms. The van der Waals surface area contributed by atoms with Gasteiger partial charge in [0.25, 0.3) is 5.69 Å². The van der Waals surface area contributed by atoms with E-state index < -0.39 is 20.6 Å². The molecule has 1 heterocycles. The third-order valence-electron chi connectivity index (χ3n) is 3.60. The Hall–Kier alpha value is -0.930. The van der Waals surface area contributed by atoms with Crippen LogP contribution in [0.2, 0.25) is 5.02 Å². The topological polar surface area (TPSA) is 92.6 Å². The van der Waals surface area contributed by atoms with Crippen molar-refractivity contribution in [2.24, 2.45) is 0 Å². The van der Waals surface area contributed by atoms with E-state index in [0.29, 0.717) is 25.9 Å². The minimum Gasteiger partial charge on any atom is -0.317 e. The van der Waals surface area contributed by atoms with E-state index >= 15 is 0 Å². The molecule has 1 aromatic rings. The molecule has 1 saturated heterocycles. The molecule has 1 N–H and O–H groups in total. The van der Waals surface area contributed by atoms with Gasteiger partial charge in [0, 0.05) is 30.2 Å². The van der Waals surface area contributed by atoms with Crippen LogP contribution in [0, 0.1) is 10.1 Å². The van der Waals surface area contributed by atoms with Gasteiger partial charge in [-0.15, -0.1) is 12.4 Å². The summed E-state index contributed by atoms with van der Waals surface area (Å²) >= 11 is 5.80. The monoisotopic (exact) mass is 369 g/mol. The summed E-state index contributed by atoms with van der Waals surface area (Å²) in [6, 6.07) is 3.84. The molecular formula is C12H17Cl2N3O4S. The molecule has 0 aromatic heterocycles. The Balaban J connectivity index is 0.00000242. The predicted octanol–water partition coefficient (Wildman–Crippen LogP) is 2.04. The summed E-state index contributed by atoms with van der Waals surface area (Å²) in [6.07, 6.45) is 1.34. The van der Waals surface area contributed by atoms with Crippen molar-refractivity contribution in [3.8, 4) is 0 Å². The highest BCUT2D eigenvalue weighted by Gasteiger charge is 2.34. The molecule has 0 amide bonds. The normalized spacial score (nSPS) is 17.0. The summed E-state index contributed by atoms with van der Waals surface area (Å²) in [6.45, 7) is 0.662. The van der Waals surface area contributed by atoms with E-state index in [1.165, 1.54) is 10.4 Å². The van der Waals surface area contributed by atoms with Crippen LogP contribution in [0.1, 0.15) is 12.8 Å². The summed E-state index contributed by atoms with van der Waals surface area (Å²) in [7, 11) is -2.08. The Bertz CT molecular complexity index is 646. The van der Waals surface area contributed by atoms with E-state index in [1.807, 2.05) is 7.05 Å². The molecule has 0 saturated carbocycles. The highest BCUT2D eigenvalue weighted by atomic mass is 35.5. The van der Waals surface area contributed by atoms with Crippen LogP contribution in [0.5, 0.6) is 0 Å². The third kappa shape index (κ3) is 3.88. The van der Waals surface area contributed by atoms with Gasteiger partial charge in [-0.1, -0.05) is 11.6 Å². The fourth-order valence-corrected chi connectivity index (χ4v) is 4.26. The third-order valence-corrected chi connectivity index (χ3v) is 5.76. The number of piperidine rings is 1. The Kier molecular flexibility index (Phi) is 6.57. The van der Waals surface area contributed by atoms with Crippen LogP contribution in [-0.4, -0.2) is 43.8 Å². The number of nitro benzene ring substituents is 1. The number of hydrogen-bond acceptors (Lipinski definition) is 5. The SMILES string of the molecule is CNC1CCN(S(=O)(=O)c2cc(Cl)ccc2[N+](=O)[O-])CC1.Cl. The number of nitrogens with one attached hydrogen (secondary N) is 1. The lowest BCUT2D eigenvalue weighted by Gasteiger charge is -2.30. The van der Waals surface area contributed by atoms with E-state index in [4.69, 9.17) is 11.6 Å². The number of rotatable bonds is 4. The van der Waals surface area contributed by atoms with Crippen LogP contribution >= 0.6 is 24.0 Å². The maximum Gasteiger partial charge on any atom is 0.289 e. The molecule has 0 bridgehead atoms. The van der Waals surface area contributed by atoms with Gasteiger partial charge in [0.05, 0.1) is 4.92 Å². The minimum atomic E-state index is -3.91. The van der Waals surface area contributed by atoms with Gasteiger partial charge in [-0.2, -0.15) is 4.31 Å². The number of halogens is 2. The summed E-state index contributed by atoms with van der Waals surface area (Å²) in [5.41, 5.74) is -0.449. The van der Waals surface area contributed by atoms with Crippen molar-refractivity contribution in [3.05, 3.63) is 33.3 Å². The Labute approximate surface area is 140 Å². The minimum absolute atomic E-state index is 0. The van der Waals surface area contributed by atoms with E-state index in [1.54, 1.807) is 0 Å². The zero-order valence-electron chi connectivity index (χ0n) is 11.9. The molecule has 1 fully saturated rings. The average molecular weight is 370 g/mol. The summed E-state index contributed by atoms with van der Waals surface area (Å²) in [5.74, 6) is 0. The standard InChI is InChI=1S/C12H16ClN3O4S.ClH/c1-14-10-4-6-15(7-5-10)21(19,20)12-8-9(13)2-3-11(12)16(17)18;/h2-3,8,10,14H,4-7H2,1H3;1H. The van der Waals surface area contributed by atoms with Crippen molar-refractivity contribution in [1.82, 2.24) is 9.62 Å². The van der Waals surface area contributed by atoms with Crippen LogP contribution in [0.3, 0.4) is 0 Å². The lowest BCUT2D eigenvalue weighted by molar-refractivity contribution is -0.387. The first-order chi connectivity index (χ1) is 9.86. The molecule has 1 aromatic carbocycles. The van der Waals surface area contributed by atoms with Gasteiger partial charge in [-0.3, -0.25) is 10.1 Å². The van der Waals surface area contributed by atoms with Gasteiger partial charge < -0.3 is 5.32 Å². The van der Waals surface area contributed by atoms with E-state index in [-0.39, 0.29) is 28.4 Å². The van der Waals surface area contributed by atoms with Crippen molar-refractivity contribution in [2.75, 3.05) is 20.1 Å². The zero-order chi connectivity index (χ0) is 15.6. The van der Waals surface area contributed by atoms with Crippen LogP contribution in [0.25, 0.3) is 0 Å². The summed E-state index contributed by atoms with van der Waals surface area (Å²) < 4.78 is 26.5. The largest absolute Gasteiger partial charge is 0.317 e. The number of benzene rings is 1. The number of sulfonamides is 1. The first kappa shape index (κ1) is 19.1. The molecule has 10 heteroatoms. The predicted molar refractivity (Wildman–Crippen MR) is 86.2 cm³/mol. The van der Waals surface area contributed by atoms with Crippen LogP contribution in [0.4, 0.5) is 5.69 Å². The quantitative estimate of drug-likeness (QED) is 0.647. The molecule has 0 unspecified atom stereocenters. The second kappa shape index (κ2) is 7.56. The maximum absolute atomic E-state index is 12.6. The maximum atomic E-state index is 12.6. The Morgan fingerprint density at radius 2 is 1.95 bits per heavy atom. The second-order valence-electron chi connectivity index (χ2n) is 4.84. The fraction of sp³-hybridized carbons (Fsp3) is 0.500. The van der Waals surface area contributed by atoms with Crippen molar-refractivity contribution in [2.45, 2.75) is 23.8 Å². The molecule has 1 aliphatic heterocycles. The number of nitrogens with zero attached hydrogens (tertiary/aromatic N) is 2. The van der Waals surface area contributed by atoms with Crippen LogP contribution < -0.4 is 5.32 Å². The van der Waals surface area contributed by atoms with Crippen molar-refractivity contribution in [3.63, 3.8) is 0 Å². The molecule has 2 rings (SSSR count). The highest BCUT2D eigenvalue weighted by molar-refractivity contribution is 7.89. The Morgan fingerprint density at radius 3 is 2.45 bits per heavy atom. The lowest BCUT2D eigenvalue weighted by Crippen LogP contribution is -2.43. The fourth-order valence-electron chi connectivity index (χ4n) is 2.37. The average Bonchev–Trinajstić information content (AvgIpc) is 2.47. The molecule has 7 nitrogen and oxygen atoms in total. The highest BCUT2D eigenvalue weighted by Crippen LogP contribution is 2.30. The Morgan fingerprint density at radius 1 is 1.36 bits per heavy atom. The van der Waals surface area contributed by atoms with Gasteiger partial charge in [-0.05, 0) is 32.0 Å². The van der Waals surface area contributed by atoms with Crippen molar-refractivity contribution < 1.29 is 13.3 Å². The van der Waals surface area contributed by atoms with E-state index in [0.717, 1.165) is 12.1 Å². The van der Waals surface area contributed by atoms with Crippen LogP contribution in [-0.2, 0) is 10.0 Å².